The van der Waals surface area contributed by atoms with Crippen LogP contribution in [0.25, 0.3) is 0 Å². The van der Waals surface area contributed by atoms with Gasteiger partial charge in [-0.15, -0.1) is 0 Å². The van der Waals surface area contributed by atoms with Crippen LogP contribution >= 0.6 is 0 Å². The van der Waals surface area contributed by atoms with E-state index in [1.807, 2.05) is 0 Å². The Kier molecular flexibility index (Phi) is 6.18. The Hall–Kier alpha value is -0.370. The molecule has 0 aromatic carbocycles. The average molecular weight is 240 g/mol. The van der Waals surface area contributed by atoms with Gasteiger partial charge in [-0.2, -0.15) is 0 Å². The third-order valence-corrected chi connectivity index (χ3v) is 4.34. The highest BCUT2D eigenvalue weighted by Crippen LogP contribution is 2.40. The predicted molar refractivity (Wildman–Crippen MR) is 71.0 cm³/mol. The standard InChI is InChI=1S/C15H28O2/c1-5-6-7-8-13(16)15(17-4)14-11(2)9-10-12(14)3/h11-12,14-15H,5-10H2,1-4H3. The van der Waals surface area contributed by atoms with Crippen molar-refractivity contribution in [2.24, 2.45) is 17.8 Å². The summed E-state index contributed by atoms with van der Waals surface area (Å²) in [7, 11) is 1.69. The molecule has 0 aromatic heterocycles. The van der Waals surface area contributed by atoms with Crippen molar-refractivity contribution in [3.8, 4) is 0 Å². The van der Waals surface area contributed by atoms with E-state index in [4.69, 9.17) is 4.74 Å². The summed E-state index contributed by atoms with van der Waals surface area (Å²) in [5.41, 5.74) is 0. The van der Waals surface area contributed by atoms with Crippen molar-refractivity contribution >= 4 is 5.78 Å². The molecule has 0 radical (unpaired) electrons. The highest BCUT2D eigenvalue weighted by Gasteiger charge is 2.39. The fourth-order valence-corrected chi connectivity index (χ4v) is 3.26. The van der Waals surface area contributed by atoms with E-state index in [9.17, 15) is 4.79 Å². The SMILES string of the molecule is CCCCCC(=O)C(OC)C1C(C)CCC1C. The molecule has 0 N–H and O–H groups in total. The summed E-state index contributed by atoms with van der Waals surface area (Å²) in [5.74, 6) is 2.02. The Bertz CT molecular complexity index is 227. The molecular formula is C15H28O2. The van der Waals surface area contributed by atoms with Gasteiger partial charge in [-0.05, 0) is 24.2 Å². The number of carbonyl (C=O) groups is 1. The molecule has 0 bridgehead atoms. The predicted octanol–water partition coefficient (Wildman–Crippen LogP) is 3.83. The summed E-state index contributed by atoms with van der Waals surface area (Å²) in [5, 5.41) is 0. The van der Waals surface area contributed by atoms with Gasteiger partial charge in [-0.25, -0.2) is 0 Å². The van der Waals surface area contributed by atoms with Gasteiger partial charge < -0.3 is 4.74 Å². The van der Waals surface area contributed by atoms with Gasteiger partial charge in [0.1, 0.15) is 6.10 Å². The third-order valence-electron chi connectivity index (χ3n) is 4.34. The summed E-state index contributed by atoms with van der Waals surface area (Å²) in [4.78, 5) is 12.2. The smallest absolute Gasteiger partial charge is 0.161 e. The van der Waals surface area contributed by atoms with E-state index in [1.54, 1.807) is 7.11 Å². The molecule has 0 saturated heterocycles. The number of rotatable bonds is 7. The second-order valence-corrected chi connectivity index (χ2v) is 5.69. The zero-order valence-electron chi connectivity index (χ0n) is 11.9. The van der Waals surface area contributed by atoms with Crippen molar-refractivity contribution in [1.82, 2.24) is 0 Å². The summed E-state index contributed by atoms with van der Waals surface area (Å²) in [6.07, 6.45) is 6.37. The molecule has 2 heteroatoms. The molecule has 1 rings (SSSR count). The molecule has 17 heavy (non-hydrogen) atoms. The van der Waals surface area contributed by atoms with E-state index in [2.05, 4.69) is 20.8 Å². The minimum atomic E-state index is -0.153. The highest BCUT2D eigenvalue weighted by atomic mass is 16.5. The van der Waals surface area contributed by atoms with Crippen molar-refractivity contribution in [3.05, 3.63) is 0 Å². The summed E-state index contributed by atoms with van der Waals surface area (Å²) in [6.45, 7) is 6.69. The first kappa shape index (κ1) is 14.7. The first-order valence-electron chi connectivity index (χ1n) is 7.17. The maximum Gasteiger partial charge on any atom is 0.161 e. The molecule has 1 saturated carbocycles. The van der Waals surface area contributed by atoms with Gasteiger partial charge in [-0.1, -0.05) is 46.5 Å². The minimum absolute atomic E-state index is 0.153. The number of methoxy groups -OCH3 is 1. The number of ketones is 1. The van der Waals surface area contributed by atoms with Crippen LogP contribution in [0, 0.1) is 17.8 Å². The van der Waals surface area contributed by atoms with Gasteiger partial charge in [0, 0.05) is 13.5 Å². The van der Waals surface area contributed by atoms with Gasteiger partial charge in [-0.3, -0.25) is 4.79 Å². The molecule has 0 amide bonds. The number of hydrogen-bond donors (Lipinski definition) is 0. The summed E-state index contributed by atoms with van der Waals surface area (Å²) < 4.78 is 5.52. The molecule has 3 atom stereocenters. The van der Waals surface area contributed by atoms with Crippen LogP contribution in [-0.4, -0.2) is 19.0 Å². The molecule has 1 aliphatic rings. The van der Waals surface area contributed by atoms with E-state index >= 15 is 0 Å². The molecular weight excluding hydrogens is 212 g/mol. The van der Waals surface area contributed by atoms with Gasteiger partial charge in [0.05, 0.1) is 0 Å². The number of unbranched alkanes of at least 4 members (excludes halogenated alkanes) is 2. The topological polar surface area (TPSA) is 26.3 Å². The van der Waals surface area contributed by atoms with Crippen LogP contribution in [0.15, 0.2) is 0 Å². The number of carbonyl (C=O) groups excluding carboxylic acids is 1. The Morgan fingerprint density at radius 1 is 1.24 bits per heavy atom. The second-order valence-electron chi connectivity index (χ2n) is 5.69. The Morgan fingerprint density at radius 2 is 1.82 bits per heavy atom. The first-order valence-corrected chi connectivity index (χ1v) is 7.17. The van der Waals surface area contributed by atoms with Crippen LogP contribution in [0.5, 0.6) is 0 Å². The monoisotopic (exact) mass is 240 g/mol. The fraction of sp³-hybridized carbons (Fsp3) is 0.933. The molecule has 0 aromatic rings. The zero-order chi connectivity index (χ0) is 12.8. The lowest BCUT2D eigenvalue weighted by atomic mass is 9.83. The van der Waals surface area contributed by atoms with E-state index < -0.39 is 0 Å². The van der Waals surface area contributed by atoms with E-state index in [1.165, 1.54) is 19.3 Å². The van der Waals surface area contributed by atoms with Crippen LogP contribution in [0.4, 0.5) is 0 Å². The number of hydrogen-bond acceptors (Lipinski definition) is 2. The van der Waals surface area contributed by atoms with Crippen molar-refractivity contribution in [3.63, 3.8) is 0 Å². The fourth-order valence-electron chi connectivity index (χ4n) is 3.26. The largest absolute Gasteiger partial charge is 0.373 e. The van der Waals surface area contributed by atoms with Crippen molar-refractivity contribution < 1.29 is 9.53 Å². The van der Waals surface area contributed by atoms with Crippen LogP contribution < -0.4 is 0 Å². The molecule has 1 fully saturated rings. The number of Topliss-reactive ketones (excluding diaryl/α,β-unsaturated/α-hetero) is 1. The lowest BCUT2D eigenvalue weighted by Crippen LogP contribution is -2.35. The molecule has 1 aliphatic carbocycles. The Morgan fingerprint density at radius 3 is 2.29 bits per heavy atom. The zero-order valence-corrected chi connectivity index (χ0v) is 11.9. The molecule has 3 unspecified atom stereocenters. The van der Waals surface area contributed by atoms with E-state index in [-0.39, 0.29) is 6.10 Å². The van der Waals surface area contributed by atoms with Gasteiger partial charge in [0.15, 0.2) is 5.78 Å². The Balaban J connectivity index is 2.54. The van der Waals surface area contributed by atoms with Crippen LogP contribution in [0.1, 0.15) is 59.3 Å². The number of ether oxygens (including phenoxy) is 1. The Labute approximate surface area is 106 Å². The van der Waals surface area contributed by atoms with Crippen molar-refractivity contribution in [2.75, 3.05) is 7.11 Å². The van der Waals surface area contributed by atoms with Gasteiger partial charge >= 0.3 is 0 Å². The molecule has 0 aliphatic heterocycles. The van der Waals surface area contributed by atoms with Crippen molar-refractivity contribution in [1.29, 1.82) is 0 Å². The maximum absolute atomic E-state index is 12.2. The highest BCUT2D eigenvalue weighted by molar-refractivity contribution is 5.83. The first-order chi connectivity index (χ1) is 8.11. The van der Waals surface area contributed by atoms with Crippen LogP contribution in [-0.2, 0) is 9.53 Å². The van der Waals surface area contributed by atoms with E-state index in [0.717, 1.165) is 12.8 Å². The second kappa shape index (κ2) is 7.15. The molecule has 2 nitrogen and oxygen atoms in total. The lowest BCUT2D eigenvalue weighted by Gasteiger charge is -2.28. The van der Waals surface area contributed by atoms with E-state index in [0.29, 0.717) is 30.0 Å². The normalized spacial score (nSPS) is 30.5. The van der Waals surface area contributed by atoms with Crippen LogP contribution in [0.2, 0.25) is 0 Å². The maximum atomic E-state index is 12.2. The molecule has 0 spiro atoms. The average Bonchev–Trinajstić information content (AvgIpc) is 2.62. The third kappa shape index (κ3) is 3.80. The quantitative estimate of drug-likeness (QED) is 0.632. The summed E-state index contributed by atoms with van der Waals surface area (Å²) in [6, 6.07) is 0. The lowest BCUT2D eigenvalue weighted by molar-refractivity contribution is -0.134. The summed E-state index contributed by atoms with van der Waals surface area (Å²) >= 11 is 0. The van der Waals surface area contributed by atoms with Crippen molar-refractivity contribution in [2.45, 2.75) is 65.4 Å². The van der Waals surface area contributed by atoms with Crippen LogP contribution in [0.3, 0.4) is 0 Å². The molecule has 0 heterocycles. The molecule has 100 valence electrons. The van der Waals surface area contributed by atoms with Gasteiger partial charge in [0.25, 0.3) is 0 Å². The minimum Gasteiger partial charge on any atom is -0.373 e. The van der Waals surface area contributed by atoms with Gasteiger partial charge in [0.2, 0.25) is 0 Å².